The second-order valence-corrected chi connectivity index (χ2v) is 5.52. The summed E-state index contributed by atoms with van der Waals surface area (Å²) in [5.41, 5.74) is 6.50. The van der Waals surface area contributed by atoms with Gasteiger partial charge in [-0.05, 0) is 26.8 Å². The third kappa shape index (κ3) is 3.44. The molecular weight excluding hydrogens is 272 g/mol. The van der Waals surface area contributed by atoms with Gasteiger partial charge in [-0.3, -0.25) is 10.4 Å². The van der Waals surface area contributed by atoms with E-state index < -0.39 is 11.7 Å². The number of phenols is 1. The second kappa shape index (κ2) is 5.35. The maximum absolute atomic E-state index is 11.9. The van der Waals surface area contributed by atoms with Crippen LogP contribution in [0.3, 0.4) is 0 Å². The van der Waals surface area contributed by atoms with Crippen molar-refractivity contribution in [3.8, 4) is 16.9 Å². The van der Waals surface area contributed by atoms with Gasteiger partial charge in [-0.2, -0.15) is 5.10 Å². The minimum atomic E-state index is -0.660. The van der Waals surface area contributed by atoms with E-state index in [-0.39, 0.29) is 11.4 Å². The zero-order valence-electron chi connectivity index (χ0n) is 12.1. The van der Waals surface area contributed by atoms with E-state index in [9.17, 15) is 9.90 Å². The quantitative estimate of drug-likeness (QED) is 0.635. The number of benzene rings is 1. The van der Waals surface area contributed by atoms with Crippen molar-refractivity contribution in [2.24, 2.45) is 0 Å². The molecular formula is C14H18N4O3. The Morgan fingerprint density at radius 2 is 2.10 bits per heavy atom. The fraction of sp³-hybridized carbons (Fsp3) is 0.286. The molecule has 2 aromatic rings. The molecule has 0 radical (unpaired) electrons. The molecule has 1 heterocycles. The summed E-state index contributed by atoms with van der Waals surface area (Å²) in [5, 5.41) is 19.0. The second-order valence-electron chi connectivity index (χ2n) is 5.52. The average Bonchev–Trinajstić information content (AvgIpc) is 2.76. The van der Waals surface area contributed by atoms with E-state index in [0.29, 0.717) is 16.9 Å². The number of nitrogens with one attached hydrogen (secondary N) is 2. The van der Waals surface area contributed by atoms with Crippen LogP contribution in [-0.4, -0.2) is 27.0 Å². The van der Waals surface area contributed by atoms with E-state index in [0.717, 1.165) is 0 Å². The topological polar surface area (TPSA) is 113 Å². The van der Waals surface area contributed by atoms with Crippen LogP contribution in [0.4, 0.5) is 16.3 Å². The summed E-state index contributed by atoms with van der Waals surface area (Å²) in [6, 6.07) is 4.83. The van der Waals surface area contributed by atoms with Crippen LogP contribution in [0.1, 0.15) is 20.8 Å². The number of ether oxygens (including phenoxy) is 1. The number of aromatic amines is 1. The number of hydrogen-bond donors (Lipinski definition) is 4. The molecule has 0 unspecified atom stereocenters. The summed E-state index contributed by atoms with van der Waals surface area (Å²) < 4.78 is 5.18. The third-order valence-corrected chi connectivity index (χ3v) is 2.63. The molecule has 0 spiro atoms. The smallest absolute Gasteiger partial charge is 0.412 e. The van der Waals surface area contributed by atoms with Gasteiger partial charge in [-0.1, -0.05) is 12.1 Å². The molecule has 0 bridgehead atoms. The van der Waals surface area contributed by atoms with Crippen LogP contribution in [0.2, 0.25) is 0 Å². The molecule has 1 aromatic heterocycles. The number of para-hydroxylation sites is 1. The van der Waals surface area contributed by atoms with E-state index in [4.69, 9.17) is 10.5 Å². The Kier molecular flexibility index (Phi) is 3.75. The number of carbonyl (C=O) groups is 1. The molecule has 0 fully saturated rings. The lowest BCUT2D eigenvalue weighted by molar-refractivity contribution is 0.0635. The maximum Gasteiger partial charge on any atom is 0.412 e. The molecule has 7 heteroatoms. The van der Waals surface area contributed by atoms with Crippen molar-refractivity contribution in [1.82, 2.24) is 10.2 Å². The van der Waals surface area contributed by atoms with Gasteiger partial charge in [0.2, 0.25) is 0 Å². The molecule has 5 N–H and O–H groups in total. The molecule has 0 aliphatic heterocycles. The van der Waals surface area contributed by atoms with E-state index in [1.54, 1.807) is 32.9 Å². The SMILES string of the molecule is CC(C)(C)OC(=O)Nc1c(O)cccc1-c1cn[nH]c1N. The van der Waals surface area contributed by atoms with Gasteiger partial charge in [0.25, 0.3) is 0 Å². The van der Waals surface area contributed by atoms with E-state index in [1.165, 1.54) is 12.3 Å². The van der Waals surface area contributed by atoms with Gasteiger partial charge in [0.1, 0.15) is 17.2 Å². The number of hydrogen-bond acceptors (Lipinski definition) is 5. The van der Waals surface area contributed by atoms with Gasteiger partial charge in [0.05, 0.1) is 11.9 Å². The highest BCUT2D eigenvalue weighted by Gasteiger charge is 2.20. The molecule has 0 saturated carbocycles. The van der Waals surface area contributed by atoms with Crippen molar-refractivity contribution in [2.45, 2.75) is 26.4 Å². The first kappa shape index (κ1) is 14.7. The fourth-order valence-corrected chi connectivity index (χ4v) is 1.81. The lowest BCUT2D eigenvalue weighted by Gasteiger charge is -2.20. The van der Waals surface area contributed by atoms with E-state index in [1.807, 2.05) is 0 Å². The van der Waals surface area contributed by atoms with Crippen LogP contribution in [0.5, 0.6) is 5.75 Å². The van der Waals surface area contributed by atoms with Gasteiger partial charge < -0.3 is 15.6 Å². The standard InChI is InChI=1S/C14H18N4O3/c1-14(2,3)21-13(20)17-11-8(5-4-6-10(11)19)9-7-16-18-12(9)15/h4-7,19H,1-3H3,(H,17,20)(H3,15,16,18). The number of rotatable bonds is 2. The van der Waals surface area contributed by atoms with Crippen molar-refractivity contribution in [3.05, 3.63) is 24.4 Å². The lowest BCUT2D eigenvalue weighted by Crippen LogP contribution is -2.27. The number of nitrogens with zero attached hydrogens (tertiary/aromatic N) is 1. The van der Waals surface area contributed by atoms with Crippen LogP contribution in [0.15, 0.2) is 24.4 Å². The molecule has 0 aliphatic rings. The van der Waals surface area contributed by atoms with Gasteiger partial charge in [0, 0.05) is 11.1 Å². The van der Waals surface area contributed by atoms with Crippen molar-refractivity contribution >= 4 is 17.6 Å². The molecule has 0 atom stereocenters. The van der Waals surface area contributed by atoms with Crippen LogP contribution in [0.25, 0.3) is 11.1 Å². The number of amides is 1. The lowest BCUT2D eigenvalue weighted by atomic mass is 10.1. The minimum Gasteiger partial charge on any atom is -0.506 e. The van der Waals surface area contributed by atoms with Crippen molar-refractivity contribution in [2.75, 3.05) is 11.1 Å². The molecule has 0 aliphatic carbocycles. The molecule has 1 amide bonds. The summed E-state index contributed by atoms with van der Waals surface area (Å²) in [6.07, 6.45) is 0.858. The van der Waals surface area contributed by atoms with Crippen LogP contribution in [0, 0.1) is 0 Å². The number of H-pyrrole nitrogens is 1. The Morgan fingerprint density at radius 3 is 2.67 bits per heavy atom. The van der Waals surface area contributed by atoms with E-state index >= 15 is 0 Å². The maximum atomic E-state index is 11.9. The fourth-order valence-electron chi connectivity index (χ4n) is 1.81. The number of nitrogens with two attached hydrogens (primary N) is 1. The van der Waals surface area contributed by atoms with Crippen molar-refractivity contribution < 1.29 is 14.6 Å². The highest BCUT2D eigenvalue weighted by molar-refractivity contribution is 5.95. The molecule has 21 heavy (non-hydrogen) atoms. The highest BCUT2D eigenvalue weighted by Crippen LogP contribution is 2.37. The highest BCUT2D eigenvalue weighted by atomic mass is 16.6. The molecule has 112 valence electrons. The number of carbonyl (C=O) groups excluding carboxylic acids is 1. The monoisotopic (exact) mass is 290 g/mol. The summed E-state index contributed by atoms with van der Waals surface area (Å²) in [4.78, 5) is 11.9. The van der Waals surface area contributed by atoms with Crippen LogP contribution < -0.4 is 11.1 Å². The first-order chi connectivity index (χ1) is 9.78. The number of aromatic hydroxyl groups is 1. The van der Waals surface area contributed by atoms with Gasteiger partial charge in [0.15, 0.2) is 0 Å². The first-order valence-electron chi connectivity index (χ1n) is 6.39. The minimum absolute atomic E-state index is 0.0843. The summed E-state index contributed by atoms with van der Waals surface area (Å²) in [7, 11) is 0. The van der Waals surface area contributed by atoms with Crippen molar-refractivity contribution in [3.63, 3.8) is 0 Å². The summed E-state index contributed by atoms with van der Waals surface area (Å²) in [5.74, 6) is 0.256. The molecule has 2 rings (SSSR count). The number of phenolic OH excluding ortho intramolecular Hbond substituents is 1. The Labute approximate surface area is 122 Å². The third-order valence-electron chi connectivity index (χ3n) is 2.63. The zero-order chi connectivity index (χ0) is 15.6. The predicted molar refractivity (Wildman–Crippen MR) is 80.0 cm³/mol. The van der Waals surface area contributed by atoms with Gasteiger partial charge in [-0.15, -0.1) is 0 Å². The Hall–Kier alpha value is -2.70. The van der Waals surface area contributed by atoms with Crippen LogP contribution >= 0.6 is 0 Å². The predicted octanol–water partition coefficient (Wildman–Crippen LogP) is 2.71. The Bertz CT molecular complexity index is 658. The van der Waals surface area contributed by atoms with Gasteiger partial charge >= 0.3 is 6.09 Å². The number of aromatic nitrogens is 2. The molecule has 1 aromatic carbocycles. The Balaban J connectivity index is 2.36. The summed E-state index contributed by atoms with van der Waals surface area (Å²) in [6.45, 7) is 5.27. The Morgan fingerprint density at radius 1 is 1.38 bits per heavy atom. The molecule has 7 nitrogen and oxygen atoms in total. The number of anilines is 2. The van der Waals surface area contributed by atoms with E-state index in [2.05, 4.69) is 15.5 Å². The summed E-state index contributed by atoms with van der Waals surface area (Å²) >= 11 is 0. The zero-order valence-corrected chi connectivity index (χ0v) is 12.1. The van der Waals surface area contributed by atoms with Crippen LogP contribution in [-0.2, 0) is 4.74 Å². The van der Waals surface area contributed by atoms with Gasteiger partial charge in [-0.25, -0.2) is 4.79 Å². The normalized spacial score (nSPS) is 11.2. The largest absolute Gasteiger partial charge is 0.506 e. The van der Waals surface area contributed by atoms with Crippen molar-refractivity contribution in [1.29, 1.82) is 0 Å². The molecule has 0 saturated heterocycles. The first-order valence-corrected chi connectivity index (χ1v) is 6.39. The average molecular weight is 290 g/mol. The number of nitrogen functional groups attached to an aromatic ring is 1.